The number of ether oxygens (including phenoxy) is 1. The summed E-state index contributed by atoms with van der Waals surface area (Å²) < 4.78 is 6.90. The Balaban J connectivity index is 0.000000532. The fourth-order valence-corrected chi connectivity index (χ4v) is 2.85. The summed E-state index contributed by atoms with van der Waals surface area (Å²) in [6, 6.07) is 11.6. The van der Waals surface area contributed by atoms with Gasteiger partial charge in [0.05, 0.1) is 12.8 Å². The van der Waals surface area contributed by atoms with Crippen LogP contribution in [0, 0.1) is 6.92 Å². The molecule has 1 aromatic carbocycles. The molecule has 0 saturated heterocycles. The summed E-state index contributed by atoms with van der Waals surface area (Å²) in [5.41, 5.74) is 4.18. The van der Waals surface area contributed by atoms with Gasteiger partial charge in [0.1, 0.15) is 10.9 Å². The predicted molar refractivity (Wildman–Crippen MR) is 133 cm³/mol. The fourth-order valence-electron chi connectivity index (χ4n) is 2.60. The van der Waals surface area contributed by atoms with E-state index in [1.165, 1.54) is 12.8 Å². The summed E-state index contributed by atoms with van der Waals surface area (Å²) in [6.07, 6.45) is 4.43. The lowest BCUT2D eigenvalue weighted by Crippen LogP contribution is -1.97. The van der Waals surface area contributed by atoms with E-state index >= 15 is 0 Å². The molecule has 0 radical (unpaired) electrons. The molecule has 168 valence electrons. The predicted octanol–water partition coefficient (Wildman–Crippen LogP) is 7.77. The summed E-state index contributed by atoms with van der Waals surface area (Å²) in [5, 5.41) is 5.74. The van der Waals surface area contributed by atoms with Gasteiger partial charge in [-0.1, -0.05) is 78.1 Å². The van der Waals surface area contributed by atoms with Crippen molar-refractivity contribution in [2.45, 2.75) is 61.3 Å². The SMILES string of the molecule is CC.CC.CCCC.COc1ccc(-c2cc3cnc4cc(C)nn4c3nc2Cl)cc1. The fraction of sp³-hybridized carbons (Fsp3) is 0.400. The first kappa shape index (κ1) is 26.4. The minimum atomic E-state index is 0.434. The smallest absolute Gasteiger partial charge is 0.166 e. The number of halogens is 1. The van der Waals surface area contributed by atoms with E-state index in [-0.39, 0.29) is 0 Å². The highest BCUT2D eigenvalue weighted by atomic mass is 35.5. The molecule has 6 heteroatoms. The van der Waals surface area contributed by atoms with E-state index in [1.54, 1.807) is 17.8 Å². The highest BCUT2D eigenvalue weighted by Gasteiger charge is 2.11. The molecule has 0 unspecified atom stereocenters. The zero-order valence-corrected chi connectivity index (χ0v) is 20.8. The summed E-state index contributed by atoms with van der Waals surface area (Å²) in [7, 11) is 1.64. The van der Waals surface area contributed by atoms with Gasteiger partial charge in [-0.05, 0) is 30.7 Å². The van der Waals surface area contributed by atoms with Gasteiger partial charge in [0.25, 0.3) is 0 Å². The lowest BCUT2D eigenvalue weighted by Gasteiger charge is -2.08. The molecular formula is C25H35ClN4O. The molecule has 31 heavy (non-hydrogen) atoms. The molecular weight excluding hydrogens is 408 g/mol. The number of pyridine rings is 1. The van der Waals surface area contributed by atoms with Crippen molar-refractivity contribution < 1.29 is 4.74 Å². The zero-order chi connectivity index (χ0) is 23.4. The Morgan fingerprint density at radius 1 is 0.968 bits per heavy atom. The molecule has 3 heterocycles. The number of hydrogen-bond acceptors (Lipinski definition) is 4. The van der Waals surface area contributed by atoms with Crippen LogP contribution in [0.5, 0.6) is 5.75 Å². The van der Waals surface area contributed by atoms with Crippen LogP contribution in [-0.2, 0) is 0 Å². The molecule has 0 aliphatic heterocycles. The minimum Gasteiger partial charge on any atom is -0.497 e. The number of benzene rings is 1. The molecule has 0 spiro atoms. The Hall–Kier alpha value is -2.66. The van der Waals surface area contributed by atoms with E-state index in [9.17, 15) is 0 Å². The van der Waals surface area contributed by atoms with E-state index in [0.717, 1.165) is 33.6 Å². The van der Waals surface area contributed by atoms with Gasteiger partial charge in [0.15, 0.2) is 11.3 Å². The largest absolute Gasteiger partial charge is 0.497 e. The van der Waals surface area contributed by atoms with Gasteiger partial charge < -0.3 is 4.74 Å². The first-order valence-electron chi connectivity index (χ1n) is 11.0. The van der Waals surface area contributed by atoms with E-state index in [4.69, 9.17) is 16.3 Å². The third kappa shape index (κ3) is 6.66. The maximum absolute atomic E-state index is 6.41. The second-order valence-electron chi connectivity index (χ2n) is 6.28. The van der Waals surface area contributed by atoms with Crippen LogP contribution in [0.4, 0.5) is 0 Å². The standard InChI is InChI=1S/C17H13ClN4O.C4H10.2C2H6/c1-10-7-15-19-9-12-8-14(11-3-5-13(23-2)6-4-11)16(18)20-17(12)22(15)21-10;1-3-4-2;2*1-2/h3-9H,1-2H3;3-4H2,1-2H3;2*1-2H3. The van der Waals surface area contributed by atoms with Gasteiger partial charge in [-0.15, -0.1) is 0 Å². The van der Waals surface area contributed by atoms with Crippen molar-refractivity contribution in [1.29, 1.82) is 0 Å². The molecule has 4 aromatic rings. The molecule has 0 amide bonds. The lowest BCUT2D eigenvalue weighted by molar-refractivity contribution is 0.415. The van der Waals surface area contributed by atoms with Gasteiger partial charge in [-0.25, -0.2) is 9.97 Å². The summed E-state index contributed by atoms with van der Waals surface area (Å²) in [5.74, 6) is 0.800. The van der Waals surface area contributed by atoms with Crippen LogP contribution >= 0.6 is 11.6 Å². The highest BCUT2D eigenvalue weighted by Crippen LogP contribution is 2.30. The maximum atomic E-state index is 6.41. The third-order valence-corrected chi connectivity index (χ3v) is 4.52. The van der Waals surface area contributed by atoms with Crippen molar-refractivity contribution >= 4 is 28.3 Å². The van der Waals surface area contributed by atoms with Gasteiger partial charge in [-0.2, -0.15) is 9.61 Å². The Bertz CT molecular complexity index is 1060. The van der Waals surface area contributed by atoms with Crippen LogP contribution in [0.3, 0.4) is 0 Å². The Labute approximate surface area is 191 Å². The number of methoxy groups -OCH3 is 1. The molecule has 0 aliphatic carbocycles. The molecule has 0 aliphatic rings. The molecule has 5 nitrogen and oxygen atoms in total. The number of nitrogens with zero attached hydrogens (tertiary/aromatic N) is 4. The van der Waals surface area contributed by atoms with Crippen molar-refractivity contribution in [3.63, 3.8) is 0 Å². The van der Waals surface area contributed by atoms with Crippen molar-refractivity contribution in [3.05, 3.63) is 53.4 Å². The Morgan fingerprint density at radius 3 is 2.13 bits per heavy atom. The molecule has 0 saturated carbocycles. The van der Waals surface area contributed by atoms with Crippen molar-refractivity contribution in [2.24, 2.45) is 0 Å². The number of aromatic nitrogens is 4. The Kier molecular flexibility index (Phi) is 11.6. The van der Waals surface area contributed by atoms with Crippen LogP contribution in [0.2, 0.25) is 5.15 Å². The molecule has 0 fully saturated rings. The summed E-state index contributed by atoms with van der Waals surface area (Å²) in [6.45, 7) is 14.3. The van der Waals surface area contributed by atoms with Crippen LogP contribution in [-0.4, -0.2) is 26.7 Å². The zero-order valence-electron chi connectivity index (χ0n) is 20.0. The maximum Gasteiger partial charge on any atom is 0.166 e. The minimum absolute atomic E-state index is 0.434. The van der Waals surface area contributed by atoms with Gasteiger partial charge in [-0.3, -0.25) is 0 Å². The topological polar surface area (TPSA) is 52.3 Å². The van der Waals surface area contributed by atoms with Crippen LogP contribution in [0.1, 0.15) is 60.1 Å². The van der Waals surface area contributed by atoms with Crippen LogP contribution in [0.15, 0.2) is 42.6 Å². The van der Waals surface area contributed by atoms with E-state index in [2.05, 4.69) is 28.9 Å². The molecule has 0 bridgehead atoms. The first-order valence-corrected chi connectivity index (χ1v) is 11.4. The quantitative estimate of drug-likeness (QED) is 0.304. The van der Waals surface area contributed by atoms with Gasteiger partial charge in [0, 0.05) is 23.2 Å². The number of rotatable bonds is 3. The molecule has 0 N–H and O–H groups in total. The number of unbranched alkanes of at least 4 members (excludes halogenated alkanes) is 1. The normalized spacial score (nSPS) is 9.71. The second-order valence-corrected chi connectivity index (χ2v) is 6.64. The van der Waals surface area contributed by atoms with Crippen molar-refractivity contribution in [2.75, 3.05) is 7.11 Å². The molecule has 4 rings (SSSR count). The second kappa shape index (κ2) is 13.6. The number of hydrogen-bond donors (Lipinski definition) is 0. The highest BCUT2D eigenvalue weighted by molar-refractivity contribution is 6.32. The van der Waals surface area contributed by atoms with E-state index in [0.29, 0.717) is 10.8 Å². The average molecular weight is 443 g/mol. The van der Waals surface area contributed by atoms with E-state index < -0.39 is 0 Å². The van der Waals surface area contributed by atoms with Crippen molar-refractivity contribution in [3.8, 4) is 16.9 Å². The first-order chi connectivity index (χ1) is 15.1. The Morgan fingerprint density at radius 2 is 1.58 bits per heavy atom. The van der Waals surface area contributed by atoms with Crippen LogP contribution in [0.25, 0.3) is 27.8 Å². The lowest BCUT2D eigenvalue weighted by atomic mass is 10.1. The van der Waals surface area contributed by atoms with Gasteiger partial charge >= 0.3 is 0 Å². The number of aryl methyl sites for hydroxylation is 1. The molecule has 3 aromatic heterocycles. The van der Waals surface area contributed by atoms with E-state index in [1.807, 2.05) is 71.0 Å². The number of fused-ring (bicyclic) bond motifs is 3. The van der Waals surface area contributed by atoms with Crippen molar-refractivity contribution in [1.82, 2.24) is 19.6 Å². The van der Waals surface area contributed by atoms with Crippen LogP contribution < -0.4 is 4.74 Å². The average Bonchev–Trinajstić information content (AvgIpc) is 3.22. The summed E-state index contributed by atoms with van der Waals surface area (Å²) in [4.78, 5) is 8.95. The third-order valence-electron chi connectivity index (χ3n) is 4.23. The molecule has 0 atom stereocenters. The monoisotopic (exact) mass is 442 g/mol. The van der Waals surface area contributed by atoms with Gasteiger partial charge in [0.2, 0.25) is 0 Å². The summed E-state index contributed by atoms with van der Waals surface area (Å²) >= 11 is 6.41.